The van der Waals surface area contributed by atoms with Crippen molar-refractivity contribution < 1.29 is 4.79 Å². The van der Waals surface area contributed by atoms with Crippen molar-refractivity contribution in [2.24, 2.45) is 11.8 Å². The molecule has 1 aliphatic carbocycles. The summed E-state index contributed by atoms with van der Waals surface area (Å²) < 4.78 is 0. The molecule has 0 aromatic carbocycles. The van der Waals surface area contributed by atoms with E-state index in [0.29, 0.717) is 23.8 Å². The van der Waals surface area contributed by atoms with Crippen LogP contribution >= 0.6 is 0 Å². The zero-order valence-corrected chi connectivity index (χ0v) is 13.2. The Kier molecular flexibility index (Phi) is 4.24. The van der Waals surface area contributed by atoms with E-state index in [1.54, 1.807) is 0 Å². The first-order chi connectivity index (χ1) is 8.90. The third-order valence-electron chi connectivity index (χ3n) is 5.33. The van der Waals surface area contributed by atoms with Gasteiger partial charge in [0.1, 0.15) is 0 Å². The SMILES string of the molecule is CCC1(C)NC(C(C)C)N(C(C)C2CCCC2)C1=O. The standard InChI is InChI=1S/C16H30N2O/c1-6-16(5)15(19)18(14(17-16)11(2)3)12(4)13-9-7-8-10-13/h11-14,17H,6-10H2,1-5H3. The van der Waals surface area contributed by atoms with Crippen LogP contribution in [0.2, 0.25) is 0 Å². The Labute approximate surface area is 118 Å². The molecule has 0 radical (unpaired) electrons. The summed E-state index contributed by atoms with van der Waals surface area (Å²) in [7, 11) is 0. The Bertz CT molecular complexity index is 336. The third kappa shape index (κ3) is 2.54. The van der Waals surface area contributed by atoms with Gasteiger partial charge >= 0.3 is 0 Å². The maximum Gasteiger partial charge on any atom is 0.244 e. The van der Waals surface area contributed by atoms with Crippen LogP contribution in [0.3, 0.4) is 0 Å². The highest BCUT2D eigenvalue weighted by Crippen LogP contribution is 2.36. The Balaban J connectivity index is 2.21. The van der Waals surface area contributed by atoms with Crippen molar-refractivity contribution in [2.45, 2.75) is 84.5 Å². The van der Waals surface area contributed by atoms with Gasteiger partial charge in [-0.1, -0.05) is 33.6 Å². The van der Waals surface area contributed by atoms with E-state index in [4.69, 9.17) is 0 Å². The second-order valence-electron chi connectivity index (χ2n) is 7.02. The Morgan fingerprint density at radius 3 is 2.37 bits per heavy atom. The van der Waals surface area contributed by atoms with Crippen molar-refractivity contribution in [3.63, 3.8) is 0 Å². The molecule has 1 saturated heterocycles. The molecule has 1 heterocycles. The van der Waals surface area contributed by atoms with Gasteiger partial charge in [0.2, 0.25) is 5.91 Å². The van der Waals surface area contributed by atoms with Crippen LogP contribution in [0.4, 0.5) is 0 Å². The molecule has 0 aromatic rings. The van der Waals surface area contributed by atoms with Gasteiger partial charge in [-0.3, -0.25) is 10.1 Å². The van der Waals surface area contributed by atoms with Crippen molar-refractivity contribution in [1.29, 1.82) is 0 Å². The lowest BCUT2D eigenvalue weighted by molar-refractivity contribution is -0.136. The first-order valence-corrected chi connectivity index (χ1v) is 8.01. The third-order valence-corrected chi connectivity index (χ3v) is 5.33. The highest BCUT2D eigenvalue weighted by atomic mass is 16.2. The van der Waals surface area contributed by atoms with Crippen molar-refractivity contribution in [1.82, 2.24) is 10.2 Å². The van der Waals surface area contributed by atoms with Crippen molar-refractivity contribution in [2.75, 3.05) is 0 Å². The van der Waals surface area contributed by atoms with E-state index in [9.17, 15) is 4.79 Å². The molecule has 0 aromatic heterocycles. The highest BCUT2D eigenvalue weighted by Gasteiger charge is 2.50. The average Bonchev–Trinajstić information content (AvgIpc) is 2.97. The summed E-state index contributed by atoms with van der Waals surface area (Å²) in [5.74, 6) is 1.47. The molecule has 3 atom stereocenters. The molecule has 2 rings (SSSR count). The number of amides is 1. The van der Waals surface area contributed by atoms with Crippen molar-refractivity contribution >= 4 is 5.91 Å². The summed E-state index contributed by atoms with van der Waals surface area (Å²) in [5, 5.41) is 3.60. The van der Waals surface area contributed by atoms with E-state index in [1.165, 1.54) is 25.7 Å². The van der Waals surface area contributed by atoms with Gasteiger partial charge < -0.3 is 4.90 Å². The van der Waals surface area contributed by atoms with Crippen LogP contribution in [0.15, 0.2) is 0 Å². The van der Waals surface area contributed by atoms with Crippen LogP contribution in [0.5, 0.6) is 0 Å². The van der Waals surface area contributed by atoms with Gasteiger partial charge in [-0.05, 0) is 44.9 Å². The summed E-state index contributed by atoms with van der Waals surface area (Å²) in [6.07, 6.45) is 6.32. The number of rotatable bonds is 4. The summed E-state index contributed by atoms with van der Waals surface area (Å²) in [6.45, 7) is 10.8. The number of hydrogen-bond acceptors (Lipinski definition) is 2. The van der Waals surface area contributed by atoms with Crippen LogP contribution in [-0.4, -0.2) is 28.6 Å². The topological polar surface area (TPSA) is 32.3 Å². The maximum absolute atomic E-state index is 12.8. The second kappa shape index (κ2) is 5.43. The molecular formula is C16H30N2O. The van der Waals surface area contributed by atoms with Crippen LogP contribution in [0, 0.1) is 11.8 Å². The summed E-state index contributed by atoms with van der Waals surface area (Å²) in [6, 6.07) is 0.378. The maximum atomic E-state index is 12.8. The number of carbonyl (C=O) groups excluding carboxylic acids is 1. The zero-order valence-electron chi connectivity index (χ0n) is 13.2. The smallest absolute Gasteiger partial charge is 0.244 e. The number of nitrogens with one attached hydrogen (secondary N) is 1. The Morgan fingerprint density at radius 1 is 1.32 bits per heavy atom. The molecule has 19 heavy (non-hydrogen) atoms. The summed E-state index contributed by atoms with van der Waals surface area (Å²) in [5.41, 5.74) is -0.359. The quantitative estimate of drug-likeness (QED) is 0.848. The molecule has 0 spiro atoms. The van der Waals surface area contributed by atoms with E-state index in [1.807, 2.05) is 0 Å². The van der Waals surface area contributed by atoms with Gasteiger partial charge in [-0.2, -0.15) is 0 Å². The number of nitrogens with zero attached hydrogens (tertiary/aromatic N) is 1. The fraction of sp³-hybridized carbons (Fsp3) is 0.938. The minimum absolute atomic E-state index is 0.202. The van der Waals surface area contributed by atoms with Gasteiger partial charge in [0.15, 0.2) is 0 Å². The van der Waals surface area contributed by atoms with Crippen LogP contribution < -0.4 is 5.32 Å². The molecule has 110 valence electrons. The van der Waals surface area contributed by atoms with E-state index < -0.39 is 0 Å². The lowest BCUT2D eigenvalue weighted by Crippen LogP contribution is -2.48. The van der Waals surface area contributed by atoms with Crippen LogP contribution in [0.25, 0.3) is 0 Å². The lowest BCUT2D eigenvalue weighted by atomic mass is 9.95. The Morgan fingerprint density at radius 2 is 1.89 bits per heavy atom. The molecular weight excluding hydrogens is 236 g/mol. The van der Waals surface area contributed by atoms with E-state index >= 15 is 0 Å². The predicted molar refractivity (Wildman–Crippen MR) is 78.7 cm³/mol. The van der Waals surface area contributed by atoms with Gasteiger partial charge in [-0.25, -0.2) is 0 Å². The van der Waals surface area contributed by atoms with Crippen molar-refractivity contribution in [3.05, 3.63) is 0 Å². The monoisotopic (exact) mass is 266 g/mol. The molecule has 1 aliphatic heterocycles. The highest BCUT2D eigenvalue weighted by molar-refractivity contribution is 5.88. The minimum Gasteiger partial charge on any atom is -0.322 e. The first-order valence-electron chi connectivity index (χ1n) is 8.01. The van der Waals surface area contributed by atoms with E-state index in [2.05, 4.69) is 44.8 Å². The summed E-state index contributed by atoms with van der Waals surface area (Å²) >= 11 is 0. The van der Waals surface area contributed by atoms with Gasteiger partial charge in [0, 0.05) is 6.04 Å². The second-order valence-corrected chi connectivity index (χ2v) is 7.02. The predicted octanol–water partition coefficient (Wildman–Crippen LogP) is 3.15. The van der Waals surface area contributed by atoms with Crippen molar-refractivity contribution in [3.8, 4) is 0 Å². The molecule has 3 unspecified atom stereocenters. The van der Waals surface area contributed by atoms with Gasteiger partial charge in [0.25, 0.3) is 0 Å². The fourth-order valence-electron chi connectivity index (χ4n) is 3.72. The number of carbonyl (C=O) groups is 1. The molecule has 2 fully saturated rings. The zero-order chi connectivity index (χ0) is 14.2. The fourth-order valence-corrected chi connectivity index (χ4v) is 3.72. The first kappa shape index (κ1) is 14.8. The van der Waals surface area contributed by atoms with Gasteiger partial charge in [0.05, 0.1) is 11.7 Å². The normalized spacial score (nSPS) is 34.5. The van der Waals surface area contributed by atoms with Gasteiger partial charge in [-0.15, -0.1) is 0 Å². The molecule has 1 saturated carbocycles. The van der Waals surface area contributed by atoms with Crippen LogP contribution in [0.1, 0.15) is 66.7 Å². The Hall–Kier alpha value is -0.570. The molecule has 1 amide bonds. The molecule has 0 bridgehead atoms. The average molecular weight is 266 g/mol. The molecule has 1 N–H and O–H groups in total. The number of hydrogen-bond donors (Lipinski definition) is 1. The largest absolute Gasteiger partial charge is 0.322 e. The molecule has 3 heteroatoms. The summed E-state index contributed by atoms with van der Waals surface area (Å²) in [4.78, 5) is 15.0. The van der Waals surface area contributed by atoms with E-state index in [0.717, 1.165) is 6.42 Å². The van der Waals surface area contributed by atoms with Crippen LogP contribution in [-0.2, 0) is 4.79 Å². The molecule has 3 nitrogen and oxygen atoms in total. The lowest BCUT2D eigenvalue weighted by Gasteiger charge is -2.36. The van der Waals surface area contributed by atoms with E-state index in [-0.39, 0.29) is 11.7 Å². The minimum atomic E-state index is -0.359. The molecule has 2 aliphatic rings.